The Balaban J connectivity index is 1.94. The Morgan fingerprint density at radius 1 is 1.10 bits per heavy atom. The minimum absolute atomic E-state index is 0.259. The van der Waals surface area contributed by atoms with E-state index in [0.717, 1.165) is 16.8 Å². The van der Waals surface area contributed by atoms with Gasteiger partial charge < -0.3 is 5.32 Å². The van der Waals surface area contributed by atoms with Gasteiger partial charge in [0.15, 0.2) is 0 Å². The number of quaternary nitrogens is 1. The monoisotopic (exact) mass is 288 g/mol. The molecule has 0 aliphatic rings. The van der Waals surface area contributed by atoms with Crippen LogP contribution in [-0.4, -0.2) is 26.1 Å². The molecular formula is C16H23N3P+. The average molecular weight is 288 g/mol. The Morgan fingerprint density at radius 3 is 2.35 bits per heavy atom. The molecule has 2 aromatic rings. The summed E-state index contributed by atoms with van der Waals surface area (Å²) in [6.07, 6.45) is 1.95. The first-order valence-corrected chi connectivity index (χ1v) is 7.44. The molecule has 20 heavy (non-hydrogen) atoms. The van der Waals surface area contributed by atoms with Crippen molar-refractivity contribution in [3.05, 3.63) is 59.8 Å². The maximum atomic E-state index is 4.53. The van der Waals surface area contributed by atoms with Crippen LogP contribution in [0.3, 0.4) is 0 Å². The maximum Gasteiger partial charge on any atom is 0.226 e. The number of hydrogen-bond acceptors (Lipinski definition) is 2. The summed E-state index contributed by atoms with van der Waals surface area (Å²) >= 11 is 0. The Kier molecular flexibility index (Phi) is 4.87. The van der Waals surface area contributed by atoms with Gasteiger partial charge in [0.2, 0.25) is 5.82 Å². The van der Waals surface area contributed by atoms with Gasteiger partial charge in [0.05, 0.1) is 21.1 Å². The third kappa shape index (κ3) is 4.11. The van der Waals surface area contributed by atoms with Crippen LogP contribution < -0.4 is 9.80 Å². The molecule has 2 atom stereocenters. The van der Waals surface area contributed by atoms with Gasteiger partial charge in [-0.1, -0.05) is 30.3 Å². The zero-order chi connectivity index (χ0) is 14.6. The third-order valence-corrected chi connectivity index (χ3v) is 3.80. The number of aromatic nitrogens is 1. The SMILES string of the molecule is C[N+](C)(C)c1ccc(CNC(P)c2ccccc2)cn1. The molecule has 1 aromatic heterocycles. The number of rotatable bonds is 5. The van der Waals surface area contributed by atoms with E-state index in [0.29, 0.717) is 0 Å². The van der Waals surface area contributed by atoms with Gasteiger partial charge in [-0.25, -0.2) is 4.98 Å². The first-order valence-electron chi connectivity index (χ1n) is 6.77. The van der Waals surface area contributed by atoms with Crippen LogP contribution in [0, 0.1) is 0 Å². The lowest BCUT2D eigenvalue weighted by molar-refractivity contribution is 0.472. The zero-order valence-corrected chi connectivity index (χ0v) is 13.5. The van der Waals surface area contributed by atoms with E-state index in [1.807, 2.05) is 12.3 Å². The van der Waals surface area contributed by atoms with Crippen molar-refractivity contribution in [3.8, 4) is 0 Å². The van der Waals surface area contributed by atoms with Crippen molar-refractivity contribution in [2.24, 2.45) is 0 Å². The van der Waals surface area contributed by atoms with E-state index in [1.165, 1.54) is 11.1 Å². The summed E-state index contributed by atoms with van der Waals surface area (Å²) in [7, 11) is 9.20. The Bertz CT molecular complexity index is 532. The fourth-order valence-corrected chi connectivity index (χ4v) is 2.26. The maximum absolute atomic E-state index is 4.53. The lowest BCUT2D eigenvalue weighted by atomic mass is 10.2. The Hall–Kier alpha value is -1.28. The van der Waals surface area contributed by atoms with E-state index in [1.54, 1.807) is 0 Å². The van der Waals surface area contributed by atoms with Crippen LogP contribution in [0.4, 0.5) is 5.82 Å². The van der Waals surface area contributed by atoms with Crippen LogP contribution in [0.2, 0.25) is 0 Å². The minimum atomic E-state index is 0.259. The van der Waals surface area contributed by atoms with Gasteiger partial charge >= 0.3 is 0 Å². The van der Waals surface area contributed by atoms with E-state index in [4.69, 9.17) is 0 Å². The van der Waals surface area contributed by atoms with Gasteiger partial charge in [0.25, 0.3) is 0 Å². The van der Waals surface area contributed by atoms with E-state index in [9.17, 15) is 0 Å². The van der Waals surface area contributed by atoms with Crippen molar-refractivity contribution in [1.29, 1.82) is 0 Å². The van der Waals surface area contributed by atoms with Crippen molar-refractivity contribution < 1.29 is 0 Å². The van der Waals surface area contributed by atoms with E-state index >= 15 is 0 Å². The second-order valence-electron chi connectivity index (χ2n) is 5.81. The van der Waals surface area contributed by atoms with Gasteiger partial charge in [-0.3, -0.25) is 4.48 Å². The number of pyridine rings is 1. The highest BCUT2D eigenvalue weighted by Gasteiger charge is 2.13. The molecule has 106 valence electrons. The van der Waals surface area contributed by atoms with Gasteiger partial charge in [0.1, 0.15) is 0 Å². The topological polar surface area (TPSA) is 24.9 Å². The van der Waals surface area contributed by atoms with Crippen LogP contribution in [0.5, 0.6) is 0 Å². The van der Waals surface area contributed by atoms with Gasteiger partial charge in [-0.05, 0) is 17.2 Å². The van der Waals surface area contributed by atoms with Gasteiger partial charge in [0, 0.05) is 24.6 Å². The molecule has 0 saturated carbocycles. The molecule has 0 fully saturated rings. The highest BCUT2D eigenvalue weighted by Crippen LogP contribution is 2.20. The predicted molar refractivity (Wildman–Crippen MR) is 89.5 cm³/mol. The van der Waals surface area contributed by atoms with Crippen molar-refractivity contribution >= 4 is 15.1 Å². The summed E-state index contributed by atoms with van der Waals surface area (Å²) in [6.45, 7) is 0.813. The average Bonchev–Trinajstić information content (AvgIpc) is 2.45. The number of benzene rings is 1. The van der Waals surface area contributed by atoms with E-state index < -0.39 is 0 Å². The normalized spacial score (nSPS) is 13.2. The van der Waals surface area contributed by atoms with Gasteiger partial charge in [-0.15, -0.1) is 9.24 Å². The molecule has 1 aromatic carbocycles. The smallest absolute Gasteiger partial charge is 0.226 e. The van der Waals surface area contributed by atoms with Crippen molar-refractivity contribution in [3.63, 3.8) is 0 Å². The molecule has 0 bridgehead atoms. The lowest BCUT2D eigenvalue weighted by Crippen LogP contribution is -2.35. The summed E-state index contributed by atoms with van der Waals surface area (Å²) < 4.78 is 0.740. The molecule has 0 amide bonds. The summed E-state index contributed by atoms with van der Waals surface area (Å²) in [4.78, 5) is 4.53. The van der Waals surface area contributed by atoms with Crippen LogP contribution >= 0.6 is 9.24 Å². The van der Waals surface area contributed by atoms with Crippen LogP contribution in [-0.2, 0) is 6.54 Å². The third-order valence-electron chi connectivity index (χ3n) is 3.18. The van der Waals surface area contributed by atoms with Crippen LogP contribution in [0.1, 0.15) is 16.9 Å². The quantitative estimate of drug-likeness (QED) is 0.676. The van der Waals surface area contributed by atoms with Crippen molar-refractivity contribution in [2.45, 2.75) is 12.3 Å². The molecule has 0 saturated heterocycles. The lowest BCUT2D eigenvalue weighted by Gasteiger charge is -2.22. The molecule has 2 rings (SSSR count). The molecule has 1 heterocycles. The molecule has 0 aliphatic heterocycles. The van der Waals surface area contributed by atoms with Gasteiger partial charge in [-0.2, -0.15) is 0 Å². The molecule has 0 spiro atoms. The Morgan fingerprint density at radius 2 is 1.80 bits per heavy atom. The highest BCUT2D eigenvalue weighted by atomic mass is 31.0. The van der Waals surface area contributed by atoms with E-state index in [-0.39, 0.29) is 5.78 Å². The fourth-order valence-electron chi connectivity index (χ4n) is 1.92. The molecule has 2 unspecified atom stereocenters. The van der Waals surface area contributed by atoms with Crippen LogP contribution in [0.25, 0.3) is 0 Å². The largest absolute Gasteiger partial charge is 0.303 e. The summed E-state index contributed by atoms with van der Waals surface area (Å²) in [5.74, 6) is 1.33. The number of nitrogens with zero attached hydrogens (tertiary/aromatic N) is 2. The second-order valence-corrected chi connectivity index (χ2v) is 6.47. The molecule has 1 N–H and O–H groups in total. The first kappa shape index (κ1) is 15.1. The molecule has 4 heteroatoms. The molecule has 3 nitrogen and oxygen atoms in total. The number of hydrogen-bond donors (Lipinski definition) is 1. The Labute approximate surface area is 123 Å². The first-order chi connectivity index (χ1) is 9.47. The predicted octanol–water partition coefficient (Wildman–Crippen LogP) is 2.94. The molecule has 0 aliphatic carbocycles. The van der Waals surface area contributed by atoms with Crippen molar-refractivity contribution in [2.75, 3.05) is 21.1 Å². The summed E-state index contributed by atoms with van der Waals surface area (Å²) in [5, 5.41) is 3.49. The summed E-state index contributed by atoms with van der Waals surface area (Å²) in [6, 6.07) is 14.6. The molecular weight excluding hydrogens is 265 g/mol. The highest BCUT2D eigenvalue weighted by molar-refractivity contribution is 7.17. The fraction of sp³-hybridized carbons (Fsp3) is 0.312. The summed E-state index contributed by atoms with van der Waals surface area (Å²) in [5.41, 5.74) is 2.47. The molecule has 0 radical (unpaired) electrons. The van der Waals surface area contributed by atoms with Crippen LogP contribution in [0.15, 0.2) is 48.7 Å². The minimum Gasteiger partial charge on any atom is -0.303 e. The second kappa shape index (κ2) is 6.45. The van der Waals surface area contributed by atoms with E-state index in [2.05, 4.69) is 77.1 Å². The van der Waals surface area contributed by atoms with Crippen molar-refractivity contribution in [1.82, 2.24) is 14.8 Å². The zero-order valence-electron chi connectivity index (χ0n) is 12.4. The number of nitrogens with one attached hydrogen (secondary N) is 1. The standard InChI is InChI=1S/C16H23N3P/c1-19(2,3)15-10-9-13(11-17-15)12-18-16(20)14-7-5-4-6-8-14/h4-11,16,18H,12,20H2,1-3H3/q+1.